The number of aromatic nitrogens is 1. The second-order valence-electron chi connectivity index (χ2n) is 7.84. The number of carbonyl (C=O) groups is 3. The zero-order valence-corrected chi connectivity index (χ0v) is 19.9. The highest BCUT2D eigenvalue weighted by molar-refractivity contribution is 7.17. The third-order valence-electron chi connectivity index (χ3n) is 5.58. The molecular weight excluding hydrogens is 488 g/mol. The number of amides is 1. The SMILES string of the molecule is C=CCOC(=O)c1sc(N2C(=O)C(=O)C(=C(O)c3ccc4c(c3)OCCO4)C2c2ccco2)nc1C. The smallest absolute Gasteiger partial charge is 0.350 e. The fraction of sp³-hybridized carbons (Fsp3) is 0.200. The van der Waals surface area contributed by atoms with Gasteiger partial charge in [-0.2, -0.15) is 0 Å². The standard InChI is InChI=1S/C25H20N2O8S/c1-3-8-35-24(31)22-13(2)26-25(36-22)27-19(16-5-4-9-32-16)18(21(29)23(27)30)20(28)14-6-7-15-17(12-14)34-11-10-33-15/h3-7,9,12,19,28H,1,8,10-11H2,2H3. The van der Waals surface area contributed by atoms with Gasteiger partial charge in [0.15, 0.2) is 16.6 Å². The molecule has 0 radical (unpaired) electrons. The number of Topliss-reactive ketones (excluding diaryl/α,β-unsaturated/α-hetero) is 1. The first-order chi connectivity index (χ1) is 17.4. The predicted molar refractivity (Wildman–Crippen MR) is 128 cm³/mol. The number of carbonyl (C=O) groups excluding carboxylic acids is 3. The molecule has 5 rings (SSSR count). The fourth-order valence-electron chi connectivity index (χ4n) is 3.97. The van der Waals surface area contributed by atoms with E-state index in [-0.39, 0.29) is 33.5 Å². The minimum atomic E-state index is -1.12. The molecule has 2 aliphatic heterocycles. The maximum atomic E-state index is 13.2. The number of rotatable bonds is 6. The van der Waals surface area contributed by atoms with Crippen molar-refractivity contribution in [1.82, 2.24) is 4.98 Å². The van der Waals surface area contributed by atoms with E-state index in [2.05, 4.69) is 11.6 Å². The van der Waals surface area contributed by atoms with Crippen LogP contribution in [0.15, 0.2) is 59.2 Å². The van der Waals surface area contributed by atoms with E-state index in [4.69, 9.17) is 18.6 Å². The van der Waals surface area contributed by atoms with Crippen molar-refractivity contribution in [2.24, 2.45) is 0 Å². The molecule has 2 aliphatic rings. The van der Waals surface area contributed by atoms with Crippen molar-refractivity contribution in [3.8, 4) is 11.5 Å². The van der Waals surface area contributed by atoms with Crippen molar-refractivity contribution in [3.63, 3.8) is 0 Å². The van der Waals surface area contributed by atoms with Gasteiger partial charge >= 0.3 is 11.9 Å². The van der Waals surface area contributed by atoms with Crippen LogP contribution in [0.2, 0.25) is 0 Å². The van der Waals surface area contributed by atoms with E-state index in [1.54, 1.807) is 31.2 Å². The Bertz CT molecular complexity index is 1410. The van der Waals surface area contributed by atoms with Crippen molar-refractivity contribution in [1.29, 1.82) is 0 Å². The highest BCUT2D eigenvalue weighted by Gasteiger charge is 2.49. The number of aliphatic hydroxyl groups is 1. The number of ketones is 1. The van der Waals surface area contributed by atoms with Gasteiger partial charge in [-0.1, -0.05) is 24.0 Å². The van der Waals surface area contributed by atoms with E-state index in [9.17, 15) is 19.5 Å². The van der Waals surface area contributed by atoms with Gasteiger partial charge in [0.2, 0.25) is 0 Å². The Balaban J connectivity index is 1.61. The van der Waals surface area contributed by atoms with E-state index in [0.717, 1.165) is 16.2 Å². The molecule has 0 aliphatic carbocycles. The van der Waals surface area contributed by atoms with Crippen LogP contribution in [0.4, 0.5) is 5.13 Å². The normalized spacial score (nSPS) is 18.4. The molecule has 0 saturated carbocycles. The summed E-state index contributed by atoms with van der Waals surface area (Å²) < 4.78 is 21.7. The number of thiazole rings is 1. The predicted octanol–water partition coefficient (Wildman–Crippen LogP) is 3.78. The monoisotopic (exact) mass is 508 g/mol. The summed E-state index contributed by atoms with van der Waals surface area (Å²) in [5.41, 5.74) is 0.407. The fourth-order valence-corrected chi connectivity index (χ4v) is 4.95. The van der Waals surface area contributed by atoms with Crippen molar-refractivity contribution in [2.75, 3.05) is 24.7 Å². The second kappa shape index (κ2) is 9.34. The highest BCUT2D eigenvalue weighted by Crippen LogP contribution is 2.44. The zero-order valence-electron chi connectivity index (χ0n) is 19.1. The van der Waals surface area contributed by atoms with Crippen molar-refractivity contribution >= 4 is 39.9 Å². The van der Waals surface area contributed by atoms with Crippen molar-refractivity contribution < 1.29 is 38.1 Å². The summed E-state index contributed by atoms with van der Waals surface area (Å²) >= 11 is 0.901. The molecule has 1 amide bonds. The number of hydrogen-bond acceptors (Lipinski definition) is 10. The van der Waals surface area contributed by atoms with E-state index < -0.39 is 29.5 Å². The lowest BCUT2D eigenvalue weighted by atomic mass is 9.99. The minimum Gasteiger partial charge on any atom is -0.507 e. The topological polar surface area (TPSA) is 128 Å². The number of nitrogens with zero attached hydrogens (tertiary/aromatic N) is 2. The van der Waals surface area contributed by atoms with Crippen LogP contribution in [-0.4, -0.2) is 47.6 Å². The van der Waals surface area contributed by atoms with Crippen LogP contribution in [0.1, 0.15) is 32.7 Å². The summed E-state index contributed by atoms with van der Waals surface area (Å²) in [6, 6.07) is 6.79. The number of esters is 1. The summed E-state index contributed by atoms with van der Waals surface area (Å²) in [4.78, 5) is 44.5. The molecular formula is C25H20N2O8S. The molecule has 1 fully saturated rings. The number of ether oxygens (including phenoxy) is 3. The number of aliphatic hydroxyl groups excluding tert-OH is 1. The maximum Gasteiger partial charge on any atom is 0.350 e. The molecule has 1 atom stereocenters. The van der Waals surface area contributed by atoms with Gasteiger partial charge in [0, 0.05) is 5.56 Å². The van der Waals surface area contributed by atoms with Crippen LogP contribution in [0.25, 0.3) is 5.76 Å². The van der Waals surface area contributed by atoms with E-state index in [1.807, 2.05) is 0 Å². The lowest BCUT2D eigenvalue weighted by Gasteiger charge is -2.21. The van der Waals surface area contributed by atoms with Crippen LogP contribution < -0.4 is 14.4 Å². The molecule has 36 heavy (non-hydrogen) atoms. The lowest BCUT2D eigenvalue weighted by Crippen LogP contribution is -2.29. The molecule has 2 aromatic heterocycles. The molecule has 1 N–H and O–H groups in total. The Morgan fingerprint density at radius 3 is 2.78 bits per heavy atom. The Morgan fingerprint density at radius 2 is 2.06 bits per heavy atom. The van der Waals surface area contributed by atoms with E-state index in [0.29, 0.717) is 30.4 Å². The van der Waals surface area contributed by atoms with E-state index >= 15 is 0 Å². The quantitative estimate of drug-likeness (QED) is 0.174. The Morgan fingerprint density at radius 1 is 1.28 bits per heavy atom. The average molecular weight is 509 g/mol. The Hall–Kier alpha value is -4.38. The molecule has 3 aromatic rings. The van der Waals surface area contributed by atoms with Crippen LogP contribution in [0.3, 0.4) is 0 Å². The Kier molecular flexibility index (Phi) is 6.06. The van der Waals surface area contributed by atoms with Gasteiger partial charge < -0.3 is 23.7 Å². The van der Waals surface area contributed by atoms with Gasteiger partial charge in [-0.15, -0.1) is 0 Å². The molecule has 1 aromatic carbocycles. The van der Waals surface area contributed by atoms with Gasteiger partial charge in [-0.05, 0) is 37.3 Å². The number of hydrogen-bond donors (Lipinski definition) is 1. The van der Waals surface area contributed by atoms with Crippen LogP contribution >= 0.6 is 11.3 Å². The second-order valence-corrected chi connectivity index (χ2v) is 8.82. The van der Waals surface area contributed by atoms with Crippen LogP contribution in [0, 0.1) is 6.92 Å². The number of furan rings is 1. The number of anilines is 1. The third kappa shape index (κ3) is 3.93. The average Bonchev–Trinajstić information content (AvgIpc) is 3.61. The van der Waals surface area contributed by atoms with Gasteiger partial charge in [-0.25, -0.2) is 9.78 Å². The molecule has 4 heterocycles. The van der Waals surface area contributed by atoms with Gasteiger partial charge in [0.25, 0.3) is 5.78 Å². The summed E-state index contributed by atoms with van der Waals surface area (Å²) in [7, 11) is 0. The summed E-state index contributed by atoms with van der Waals surface area (Å²) in [6.07, 6.45) is 2.83. The van der Waals surface area contributed by atoms with Crippen LogP contribution in [-0.2, 0) is 14.3 Å². The molecule has 11 heteroatoms. The number of fused-ring (bicyclic) bond motifs is 1. The summed E-state index contributed by atoms with van der Waals surface area (Å²) in [5, 5.41) is 11.3. The molecule has 10 nitrogen and oxygen atoms in total. The molecule has 0 bridgehead atoms. The maximum absolute atomic E-state index is 13.2. The molecule has 1 saturated heterocycles. The van der Waals surface area contributed by atoms with Gasteiger partial charge in [0.05, 0.1) is 17.5 Å². The third-order valence-corrected chi connectivity index (χ3v) is 6.72. The largest absolute Gasteiger partial charge is 0.507 e. The molecule has 1 unspecified atom stereocenters. The van der Waals surface area contributed by atoms with Crippen molar-refractivity contribution in [3.05, 3.63) is 76.7 Å². The number of benzene rings is 1. The minimum absolute atomic E-state index is 0.0119. The first kappa shape index (κ1) is 23.4. The van der Waals surface area contributed by atoms with Crippen molar-refractivity contribution in [2.45, 2.75) is 13.0 Å². The van der Waals surface area contributed by atoms with Gasteiger partial charge in [-0.3, -0.25) is 14.5 Å². The highest BCUT2D eigenvalue weighted by atomic mass is 32.1. The summed E-state index contributed by atoms with van der Waals surface area (Å²) in [5.74, 6) is -1.73. The van der Waals surface area contributed by atoms with Crippen LogP contribution in [0.5, 0.6) is 11.5 Å². The summed E-state index contributed by atoms with van der Waals surface area (Å²) in [6.45, 7) is 5.86. The Labute approximate surface area is 209 Å². The lowest BCUT2D eigenvalue weighted by molar-refractivity contribution is -0.132. The first-order valence-electron chi connectivity index (χ1n) is 10.9. The molecule has 0 spiro atoms. The zero-order chi connectivity index (χ0) is 25.4. The van der Waals surface area contributed by atoms with Gasteiger partial charge in [0.1, 0.15) is 42.3 Å². The van der Waals surface area contributed by atoms with E-state index in [1.165, 1.54) is 18.4 Å². The molecule has 184 valence electrons. The number of aryl methyl sites for hydroxylation is 1. The first-order valence-corrected chi connectivity index (χ1v) is 11.7.